The molecule has 1 atom stereocenters. The van der Waals surface area contributed by atoms with Gasteiger partial charge >= 0.3 is 5.97 Å². The van der Waals surface area contributed by atoms with Gasteiger partial charge in [0.2, 0.25) is 10.0 Å². The van der Waals surface area contributed by atoms with Crippen molar-refractivity contribution in [1.29, 1.82) is 0 Å². The second-order valence-corrected chi connectivity index (χ2v) is 7.63. The van der Waals surface area contributed by atoms with Crippen LogP contribution < -0.4 is 10.0 Å². The zero-order valence-corrected chi connectivity index (χ0v) is 16.3. The van der Waals surface area contributed by atoms with E-state index in [0.29, 0.717) is 5.69 Å². The molecule has 9 nitrogen and oxygen atoms in total. The Kier molecular flexibility index (Phi) is 6.86. The van der Waals surface area contributed by atoms with E-state index in [9.17, 15) is 22.4 Å². The fourth-order valence-corrected chi connectivity index (χ4v) is 3.66. The van der Waals surface area contributed by atoms with E-state index in [1.807, 2.05) is 0 Å². The third-order valence-corrected chi connectivity index (χ3v) is 5.35. The minimum atomic E-state index is -3.89. The van der Waals surface area contributed by atoms with E-state index >= 15 is 0 Å². The summed E-state index contributed by atoms with van der Waals surface area (Å²) in [7, 11) is -3.89. The highest BCUT2D eigenvalue weighted by Gasteiger charge is 2.24. The van der Waals surface area contributed by atoms with E-state index in [1.165, 1.54) is 45.0 Å². The van der Waals surface area contributed by atoms with Gasteiger partial charge in [0.1, 0.15) is 16.4 Å². The van der Waals surface area contributed by atoms with Gasteiger partial charge in [0.15, 0.2) is 11.9 Å². The molecule has 0 spiro atoms. The molecular weight excluding hydrogens is 393 g/mol. The van der Waals surface area contributed by atoms with Gasteiger partial charge in [0.05, 0.1) is 6.42 Å². The van der Waals surface area contributed by atoms with Crippen LogP contribution in [0.4, 0.5) is 10.1 Å². The van der Waals surface area contributed by atoms with Crippen LogP contribution in [0.5, 0.6) is 0 Å². The van der Waals surface area contributed by atoms with E-state index in [4.69, 9.17) is 9.26 Å². The number of anilines is 1. The molecule has 0 aliphatic carbocycles. The van der Waals surface area contributed by atoms with Gasteiger partial charge in [-0.2, -0.15) is 0 Å². The standard InChI is InChI=1S/C17H20FN3O6S/c1-10-16(11(2)27-21-10)28(24,25)19-9-8-15(22)26-12(3)17(23)20-14-6-4-13(18)5-7-14/h4-7,12,19H,8-9H2,1-3H3,(H,20,23)/t12-/m0/s1. The van der Waals surface area contributed by atoms with Crippen LogP contribution in [0.3, 0.4) is 0 Å². The quantitative estimate of drug-likeness (QED) is 0.630. The Balaban J connectivity index is 1.81. The summed E-state index contributed by atoms with van der Waals surface area (Å²) in [4.78, 5) is 23.8. The van der Waals surface area contributed by atoms with E-state index in [-0.39, 0.29) is 29.3 Å². The number of hydrogen-bond acceptors (Lipinski definition) is 7. The first-order chi connectivity index (χ1) is 13.1. The minimum Gasteiger partial charge on any atom is -0.452 e. The Labute approximate surface area is 161 Å². The maximum Gasteiger partial charge on any atom is 0.307 e. The molecule has 0 aliphatic rings. The number of hydrogen-bond donors (Lipinski definition) is 2. The summed E-state index contributed by atoms with van der Waals surface area (Å²) in [5.74, 6) is -1.67. The summed E-state index contributed by atoms with van der Waals surface area (Å²) in [6, 6.07) is 5.09. The van der Waals surface area contributed by atoms with Crippen molar-refractivity contribution in [3.63, 3.8) is 0 Å². The number of nitrogens with zero attached hydrogens (tertiary/aromatic N) is 1. The maximum atomic E-state index is 12.9. The van der Waals surface area contributed by atoms with E-state index in [0.717, 1.165) is 0 Å². The number of esters is 1. The van der Waals surface area contributed by atoms with Gasteiger partial charge in [-0.15, -0.1) is 0 Å². The third-order valence-electron chi connectivity index (χ3n) is 3.65. The number of amides is 1. The first-order valence-corrected chi connectivity index (χ1v) is 9.77. The lowest BCUT2D eigenvalue weighted by Crippen LogP contribution is -2.32. The number of aromatic nitrogens is 1. The topological polar surface area (TPSA) is 128 Å². The molecule has 152 valence electrons. The Bertz CT molecular complexity index is 936. The van der Waals surface area contributed by atoms with Crippen LogP contribution in [0, 0.1) is 19.7 Å². The molecule has 2 aromatic rings. The van der Waals surface area contributed by atoms with Gasteiger partial charge in [-0.3, -0.25) is 9.59 Å². The number of nitrogens with one attached hydrogen (secondary N) is 2. The molecule has 11 heteroatoms. The monoisotopic (exact) mass is 413 g/mol. The molecule has 2 N–H and O–H groups in total. The van der Waals surface area contributed by atoms with Crippen LogP contribution in [-0.4, -0.2) is 38.1 Å². The smallest absolute Gasteiger partial charge is 0.307 e. The SMILES string of the molecule is Cc1noc(C)c1S(=O)(=O)NCCC(=O)O[C@@H](C)C(=O)Nc1ccc(F)cc1. The number of halogens is 1. The number of sulfonamides is 1. The summed E-state index contributed by atoms with van der Waals surface area (Å²) < 4.78 is 49.3. The number of aryl methyl sites for hydroxylation is 2. The number of carbonyl (C=O) groups excluding carboxylic acids is 2. The van der Waals surface area contributed by atoms with Crippen molar-refractivity contribution in [1.82, 2.24) is 9.88 Å². The number of carbonyl (C=O) groups is 2. The van der Waals surface area contributed by atoms with Gasteiger partial charge < -0.3 is 14.6 Å². The largest absolute Gasteiger partial charge is 0.452 e. The molecule has 1 amide bonds. The molecule has 2 rings (SSSR count). The van der Waals surface area contributed by atoms with Crippen molar-refractivity contribution < 1.29 is 31.7 Å². The summed E-state index contributed by atoms with van der Waals surface area (Å²) in [6.45, 7) is 4.09. The summed E-state index contributed by atoms with van der Waals surface area (Å²) in [5, 5.41) is 6.05. The van der Waals surface area contributed by atoms with Gasteiger partial charge in [-0.05, 0) is 45.0 Å². The van der Waals surface area contributed by atoms with Gasteiger partial charge in [0, 0.05) is 12.2 Å². The van der Waals surface area contributed by atoms with Crippen LogP contribution in [-0.2, 0) is 24.3 Å². The molecule has 0 fully saturated rings. The van der Waals surface area contributed by atoms with Gasteiger partial charge in [-0.1, -0.05) is 5.16 Å². The molecule has 0 saturated carbocycles. The van der Waals surface area contributed by atoms with Crippen LogP contribution in [0.15, 0.2) is 33.7 Å². The first-order valence-electron chi connectivity index (χ1n) is 8.28. The molecular formula is C17H20FN3O6S. The summed E-state index contributed by atoms with van der Waals surface area (Å²) in [6.07, 6.45) is -1.40. The molecule has 0 radical (unpaired) electrons. The molecule has 1 aromatic carbocycles. The summed E-state index contributed by atoms with van der Waals surface area (Å²) in [5.41, 5.74) is 0.556. The average Bonchev–Trinajstić information content (AvgIpc) is 2.96. The van der Waals surface area contributed by atoms with E-state index < -0.39 is 33.8 Å². The lowest BCUT2D eigenvalue weighted by atomic mass is 10.3. The number of ether oxygens (including phenoxy) is 1. The Morgan fingerprint density at radius 1 is 1.25 bits per heavy atom. The third kappa shape index (κ3) is 5.60. The van der Waals surface area contributed by atoms with Crippen molar-refractivity contribution in [3.8, 4) is 0 Å². The van der Waals surface area contributed by atoms with Crippen molar-refractivity contribution in [3.05, 3.63) is 41.5 Å². The highest BCUT2D eigenvalue weighted by molar-refractivity contribution is 7.89. The number of rotatable bonds is 8. The normalized spacial score (nSPS) is 12.4. The van der Waals surface area contributed by atoms with E-state index in [1.54, 1.807) is 0 Å². The first kappa shape index (κ1) is 21.5. The summed E-state index contributed by atoms with van der Waals surface area (Å²) >= 11 is 0. The molecule has 0 aliphatic heterocycles. The van der Waals surface area contributed by atoms with Crippen molar-refractivity contribution in [2.45, 2.75) is 38.2 Å². The van der Waals surface area contributed by atoms with Crippen LogP contribution in [0.1, 0.15) is 24.8 Å². The van der Waals surface area contributed by atoms with Gasteiger partial charge in [0.25, 0.3) is 5.91 Å². The average molecular weight is 413 g/mol. The fraction of sp³-hybridized carbons (Fsp3) is 0.353. The lowest BCUT2D eigenvalue weighted by Gasteiger charge is -2.13. The molecule has 0 saturated heterocycles. The second-order valence-electron chi connectivity index (χ2n) is 5.93. The molecule has 0 unspecified atom stereocenters. The molecule has 28 heavy (non-hydrogen) atoms. The predicted molar refractivity (Wildman–Crippen MR) is 96.4 cm³/mol. The molecule has 1 heterocycles. The fourth-order valence-electron chi connectivity index (χ4n) is 2.30. The van der Waals surface area contributed by atoms with Crippen LogP contribution >= 0.6 is 0 Å². The van der Waals surface area contributed by atoms with E-state index in [2.05, 4.69) is 15.2 Å². The molecule has 0 bridgehead atoms. The predicted octanol–water partition coefficient (Wildman–Crippen LogP) is 1.67. The second kappa shape index (κ2) is 8.93. The zero-order chi connectivity index (χ0) is 20.9. The Hall–Kier alpha value is -2.79. The van der Waals surface area contributed by atoms with Crippen molar-refractivity contribution >= 4 is 27.6 Å². The highest BCUT2D eigenvalue weighted by Crippen LogP contribution is 2.18. The van der Waals surface area contributed by atoms with Crippen molar-refractivity contribution in [2.24, 2.45) is 0 Å². The minimum absolute atomic E-state index is 0.0760. The number of benzene rings is 1. The zero-order valence-electron chi connectivity index (χ0n) is 15.5. The Morgan fingerprint density at radius 2 is 1.89 bits per heavy atom. The van der Waals surface area contributed by atoms with Crippen LogP contribution in [0.25, 0.3) is 0 Å². The maximum absolute atomic E-state index is 12.9. The van der Waals surface area contributed by atoms with Gasteiger partial charge in [-0.25, -0.2) is 17.5 Å². The molecule has 1 aromatic heterocycles. The Morgan fingerprint density at radius 3 is 2.46 bits per heavy atom. The van der Waals surface area contributed by atoms with Crippen molar-refractivity contribution in [2.75, 3.05) is 11.9 Å². The lowest BCUT2D eigenvalue weighted by molar-refractivity contribution is -0.152. The van der Waals surface area contributed by atoms with Crippen LogP contribution in [0.2, 0.25) is 0 Å². The highest BCUT2D eigenvalue weighted by atomic mass is 32.2.